The number of amides is 1. The third kappa shape index (κ3) is 4.97. The van der Waals surface area contributed by atoms with Crippen molar-refractivity contribution in [2.45, 2.75) is 6.54 Å². The van der Waals surface area contributed by atoms with Crippen LogP contribution in [0.1, 0.15) is 0 Å². The number of para-hydroxylation sites is 2. The second-order valence-corrected chi connectivity index (χ2v) is 5.94. The van der Waals surface area contributed by atoms with Crippen LogP contribution in [0.3, 0.4) is 0 Å². The molecule has 1 heterocycles. The van der Waals surface area contributed by atoms with Crippen LogP contribution in [-0.4, -0.2) is 35.9 Å². The van der Waals surface area contributed by atoms with Gasteiger partial charge in [0, 0.05) is 18.2 Å². The molecule has 3 aromatic rings. The second-order valence-electron chi connectivity index (χ2n) is 5.94. The van der Waals surface area contributed by atoms with Crippen LogP contribution in [0.4, 0.5) is 0 Å². The van der Waals surface area contributed by atoms with Crippen molar-refractivity contribution < 1.29 is 14.3 Å². The van der Waals surface area contributed by atoms with E-state index in [9.17, 15) is 9.59 Å². The Kier molecular flexibility index (Phi) is 6.41. The molecule has 0 aliphatic heterocycles. The van der Waals surface area contributed by atoms with Crippen molar-refractivity contribution in [3.63, 3.8) is 0 Å². The molecule has 0 unspecified atom stereocenters. The highest BCUT2D eigenvalue weighted by Crippen LogP contribution is 2.25. The first-order valence-corrected chi connectivity index (χ1v) is 8.83. The number of aromatic nitrogens is 2. The van der Waals surface area contributed by atoms with Gasteiger partial charge in [-0.05, 0) is 18.2 Å². The summed E-state index contributed by atoms with van der Waals surface area (Å²) in [5.41, 5.74) is 1.40. The van der Waals surface area contributed by atoms with Gasteiger partial charge in [-0.15, -0.1) is 0 Å². The van der Waals surface area contributed by atoms with Crippen molar-refractivity contribution in [3.05, 3.63) is 77.1 Å². The highest BCUT2D eigenvalue weighted by molar-refractivity contribution is 5.77. The molecule has 7 heteroatoms. The Morgan fingerprint density at radius 1 is 1.00 bits per heavy atom. The number of carbonyl (C=O) groups excluding carboxylic acids is 1. The fourth-order valence-electron chi connectivity index (χ4n) is 2.61. The first kappa shape index (κ1) is 19.2. The topological polar surface area (TPSA) is 82.4 Å². The van der Waals surface area contributed by atoms with E-state index >= 15 is 0 Å². The lowest BCUT2D eigenvalue weighted by Gasteiger charge is -2.11. The van der Waals surface area contributed by atoms with E-state index in [0.29, 0.717) is 17.2 Å². The first-order valence-electron chi connectivity index (χ1n) is 8.83. The Bertz CT molecular complexity index is 986. The predicted octanol–water partition coefficient (Wildman–Crippen LogP) is 2.11. The van der Waals surface area contributed by atoms with Crippen LogP contribution in [-0.2, 0) is 11.3 Å². The molecule has 0 saturated carbocycles. The molecule has 0 radical (unpaired) electrons. The maximum atomic E-state index is 12.0. The Morgan fingerprint density at radius 2 is 1.71 bits per heavy atom. The zero-order valence-corrected chi connectivity index (χ0v) is 15.5. The fraction of sp³-hybridized carbons (Fsp3) is 0.190. The van der Waals surface area contributed by atoms with Crippen LogP contribution in [0.15, 0.2) is 71.5 Å². The molecule has 144 valence electrons. The van der Waals surface area contributed by atoms with Crippen LogP contribution in [0.2, 0.25) is 0 Å². The Labute approximate surface area is 162 Å². The monoisotopic (exact) mass is 379 g/mol. The summed E-state index contributed by atoms with van der Waals surface area (Å²) >= 11 is 0. The predicted molar refractivity (Wildman–Crippen MR) is 105 cm³/mol. The third-order valence-electron chi connectivity index (χ3n) is 4.01. The molecule has 3 rings (SSSR count). The van der Waals surface area contributed by atoms with Crippen molar-refractivity contribution >= 4 is 5.91 Å². The Morgan fingerprint density at radius 3 is 2.46 bits per heavy atom. The Hall–Kier alpha value is -3.61. The maximum Gasteiger partial charge on any atom is 0.266 e. The van der Waals surface area contributed by atoms with Gasteiger partial charge in [-0.25, -0.2) is 4.68 Å². The van der Waals surface area contributed by atoms with Crippen molar-refractivity contribution in [1.82, 2.24) is 15.1 Å². The quantitative estimate of drug-likeness (QED) is 0.648. The van der Waals surface area contributed by atoms with E-state index in [0.717, 1.165) is 5.56 Å². The van der Waals surface area contributed by atoms with Gasteiger partial charge in [0.05, 0.1) is 19.3 Å². The number of hydrogen-bond donors (Lipinski definition) is 1. The van der Waals surface area contributed by atoms with Crippen LogP contribution in [0, 0.1) is 0 Å². The number of rotatable bonds is 8. The van der Waals surface area contributed by atoms with Gasteiger partial charge in [0.25, 0.3) is 11.5 Å². The van der Waals surface area contributed by atoms with Crippen molar-refractivity contribution in [1.29, 1.82) is 0 Å². The minimum Gasteiger partial charge on any atom is -0.493 e. The molecule has 0 aliphatic carbocycles. The number of carbonyl (C=O) groups is 1. The van der Waals surface area contributed by atoms with Crippen LogP contribution in [0.5, 0.6) is 11.5 Å². The number of ether oxygens (including phenoxy) is 2. The minimum absolute atomic E-state index is 0.146. The molecule has 0 aliphatic rings. The normalized spacial score (nSPS) is 10.3. The highest BCUT2D eigenvalue weighted by atomic mass is 16.5. The van der Waals surface area contributed by atoms with E-state index in [4.69, 9.17) is 9.47 Å². The van der Waals surface area contributed by atoms with Gasteiger partial charge in [0.1, 0.15) is 0 Å². The largest absolute Gasteiger partial charge is 0.493 e. The highest BCUT2D eigenvalue weighted by Gasteiger charge is 2.07. The van der Waals surface area contributed by atoms with Gasteiger partial charge in [-0.2, -0.15) is 5.10 Å². The lowest BCUT2D eigenvalue weighted by atomic mass is 10.1. The summed E-state index contributed by atoms with van der Waals surface area (Å²) in [4.78, 5) is 24.0. The third-order valence-corrected chi connectivity index (χ3v) is 4.01. The van der Waals surface area contributed by atoms with Gasteiger partial charge >= 0.3 is 0 Å². The molecule has 0 spiro atoms. The zero-order valence-electron chi connectivity index (χ0n) is 15.5. The van der Waals surface area contributed by atoms with E-state index in [1.54, 1.807) is 24.3 Å². The number of nitrogens with one attached hydrogen (secondary N) is 1. The van der Waals surface area contributed by atoms with Crippen LogP contribution < -0.4 is 20.3 Å². The fourth-order valence-corrected chi connectivity index (χ4v) is 2.61. The summed E-state index contributed by atoms with van der Waals surface area (Å²) in [6, 6.07) is 19.9. The molecule has 1 aromatic heterocycles. The molecular formula is C21H21N3O4. The van der Waals surface area contributed by atoms with Gasteiger partial charge in [-0.3, -0.25) is 9.59 Å². The number of nitrogens with zero attached hydrogens (tertiary/aromatic N) is 2. The van der Waals surface area contributed by atoms with E-state index in [1.807, 2.05) is 36.4 Å². The zero-order chi connectivity index (χ0) is 19.8. The smallest absolute Gasteiger partial charge is 0.266 e. The van der Waals surface area contributed by atoms with Crippen LogP contribution >= 0.6 is 0 Å². The van der Waals surface area contributed by atoms with Gasteiger partial charge in [0.2, 0.25) is 0 Å². The van der Waals surface area contributed by atoms with Crippen molar-refractivity contribution in [2.24, 2.45) is 0 Å². The number of hydrogen-bond acceptors (Lipinski definition) is 5. The molecule has 28 heavy (non-hydrogen) atoms. The molecule has 1 amide bonds. The average molecular weight is 379 g/mol. The first-order chi connectivity index (χ1) is 13.7. The van der Waals surface area contributed by atoms with Crippen LogP contribution in [0.25, 0.3) is 11.3 Å². The summed E-state index contributed by atoms with van der Waals surface area (Å²) < 4.78 is 12.0. The summed E-state index contributed by atoms with van der Waals surface area (Å²) in [6.45, 7) is 0.381. The molecule has 2 aromatic carbocycles. The van der Waals surface area contributed by atoms with Crippen molar-refractivity contribution in [2.75, 3.05) is 20.3 Å². The molecular weight excluding hydrogens is 358 g/mol. The van der Waals surface area contributed by atoms with E-state index in [2.05, 4.69) is 10.4 Å². The molecule has 0 bridgehead atoms. The summed E-state index contributed by atoms with van der Waals surface area (Å²) in [5.74, 6) is 0.760. The molecule has 0 atom stereocenters. The summed E-state index contributed by atoms with van der Waals surface area (Å²) in [5, 5.41) is 7.08. The average Bonchev–Trinajstić information content (AvgIpc) is 2.74. The molecule has 1 N–H and O–H groups in total. The van der Waals surface area contributed by atoms with E-state index in [1.165, 1.54) is 17.9 Å². The standard InChI is InChI=1S/C21H21N3O4/c1-27-18-9-5-6-10-19(18)28-15-20(25)22-13-14-24-21(26)12-11-17(23-24)16-7-3-2-4-8-16/h2-12H,13-15H2,1H3,(H,22,25). The Balaban J connectivity index is 1.53. The summed E-state index contributed by atoms with van der Waals surface area (Å²) in [6.07, 6.45) is 0. The number of benzene rings is 2. The molecule has 7 nitrogen and oxygen atoms in total. The van der Waals surface area contributed by atoms with Crippen molar-refractivity contribution in [3.8, 4) is 22.8 Å². The molecule has 0 fully saturated rings. The van der Waals surface area contributed by atoms with E-state index < -0.39 is 0 Å². The minimum atomic E-state index is -0.293. The maximum absolute atomic E-state index is 12.0. The lowest BCUT2D eigenvalue weighted by molar-refractivity contribution is -0.123. The van der Waals surface area contributed by atoms with Gasteiger partial charge < -0.3 is 14.8 Å². The second kappa shape index (κ2) is 9.36. The van der Waals surface area contributed by atoms with Gasteiger partial charge in [0.15, 0.2) is 18.1 Å². The summed E-state index contributed by atoms with van der Waals surface area (Å²) in [7, 11) is 1.54. The van der Waals surface area contributed by atoms with Gasteiger partial charge in [-0.1, -0.05) is 42.5 Å². The lowest BCUT2D eigenvalue weighted by Crippen LogP contribution is -2.34. The number of methoxy groups -OCH3 is 1. The SMILES string of the molecule is COc1ccccc1OCC(=O)NCCn1nc(-c2ccccc2)ccc1=O. The molecule has 0 saturated heterocycles. The van der Waals surface area contributed by atoms with E-state index in [-0.39, 0.29) is 31.2 Å².